The molecule has 2 aromatic carbocycles. The molecule has 0 N–H and O–H groups in total. The molecule has 2 aromatic rings. The predicted octanol–water partition coefficient (Wildman–Crippen LogP) is 8.63. The van der Waals surface area contributed by atoms with E-state index in [0.29, 0.717) is 17.9 Å². The largest absolute Gasteiger partial charge is 0.491 e. The van der Waals surface area contributed by atoms with Crippen LogP contribution in [0, 0.1) is 35.1 Å². The van der Waals surface area contributed by atoms with E-state index >= 15 is 0 Å². The molecule has 0 spiro atoms. The van der Waals surface area contributed by atoms with Crippen molar-refractivity contribution in [2.75, 3.05) is 6.61 Å². The van der Waals surface area contributed by atoms with Gasteiger partial charge in [0.25, 0.3) is 0 Å². The van der Waals surface area contributed by atoms with Gasteiger partial charge in [-0.25, -0.2) is 13.2 Å². The second-order valence-electron chi connectivity index (χ2n) is 8.99. The van der Waals surface area contributed by atoms with Gasteiger partial charge in [-0.15, -0.1) is 0 Å². The van der Waals surface area contributed by atoms with Gasteiger partial charge in [-0.3, -0.25) is 0 Å². The van der Waals surface area contributed by atoms with Gasteiger partial charge in [-0.05, 0) is 49.3 Å². The van der Waals surface area contributed by atoms with Gasteiger partial charge < -0.3 is 4.74 Å². The van der Waals surface area contributed by atoms with Crippen LogP contribution >= 0.6 is 0 Å². The minimum atomic E-state index is -1.24. The van der Waals surface area contributed by atoms with Crippen LogP contribution in [0.15, 0.2) is 24.3 Å². The van der Waals surface area contributed by atoms with Crippen LogP contribution in [-0.2, 0) is 6.42 Å². The Labute approximate surface area is 189 Å². The molecule has 3 rings (SSSR count). The van der Waals surface area contributed by atoms with E-state index in [1.807, 2.05) is 0 Å². The van der Waals surface area contributed by atoms with E-state index in [2.05, 4.69) is 6.92 Å². The van der Waals surface area contributed by atoms with E-state index < -0.39 is 23.3 Å². The van der Waals surface area contributed by atoms with Gasteiger partial charge in [-0.1, -0.05) is 70.4 Å². The number of hydrogen-bond acceptors (Lipinski definition) is 1. The van der Waals surface area contributed by atoms with Crippen molar-refractivity contribution in [3.05, 3.63) is 53.1 Å². The lowest BCUT2D eigenvalue weighted by Gasteiger charge is -2.28. The van der Waals surface area contributed by atoms with Crippen molar-refractivity contribution in [1.82, 2.24) is 0 Å². The zero-order valence-electron chi connectivity index (χ0n) is 19.2. The first-order valence-corrected chi connectivity index (χ1v) is 12.0. The Bertz CT molecular complexity index is 888. The molecule has 0 atom stereocenters. The average molecular weight is 451 g/mol. The Kier molecular flexibility index (Phi) is 9.01. The normalized spacial score (nSPS) is 18.7. The zero-order chi connectivity index (χ0) is 23.1. The lowest BCUT2D eigenvalue weighted by molar-refractivity contribution is 0.248. The molecule has 1 fully saturated rings. The van der Waals surface area contributed by atoms with Crippen molar-refractivity contribution < 1.29 is 22.3 Å². The molecule has 0 saturated heterocycles. The van der Waals surface area contributed by atoms with Crippen LogP contribution in [0.4, 0.5) is 17.6 Å². The number of rotatable bonds is 10. The maximum atomic E-state index is 14.8. The second kappa shape index (κ2) is 11.7. The van der Waals surface area contributed by atoms with Crippen molar-refractivity contribution in [1.29, 1.82) is 0 Å². The van der Waals surface area contributed by atoms with Gasteiger partial charge in [0, 0.05) is 11.1 Å². The Hall–Kier alpha value is -2.04. The summed E-state index contributed by atoms with van der Waals surface area (Å²) >= 11 is 0. The third kappa shape index (κ3) is 5.85. The number of unbranched alkanes of at least 4 members (excludes halogenated alkanes) is 2. The first-order chi connectivity index (χ1) is 15.5. The van der Waals surface area contributed by atoms with E-state index in [9.17, 15) is 17.6 Å². The van der Waals surface area contributed by atoms with Crippen molar-refractivity contribution in [3.8, 4) is 16.9 Å². The number of aryl methyl sites for hydroxylation is 1. The Morgan fingerprint density at radius 3 is 1.94 bits per heavy atom. The summed E-state index contributed by atoms with van der Waals surface area (Å²) in [6, 6.07) is 5.30. The Balaban J connectivity index is 1.63. The number of ether oxygens (including phenoxy) is 1. The maximum absolute atomic E-state index is 14.8. The highest BCUT2D eigenvalue weighted by atomic mass is 19.2. The molecular weight excluding hydrogens is 416 g/mol. The van der Waals surface area contributed by atoms with Gasteiger partial charge in [0.2, 0.25) is 5.82 Å². The molecule has 0 heterocycles. The van der Waals surface area contributed by atoms with Crippen molar-refractivity contribution in [2.45, 2.75) is 78.1 Å². The Morgan fingerprint density at radius 2 is 1.31 bits per heavy atom. The fourth-order valence-corrected chi connectivity index (χ4v) is 4.85. The van der Waals surface area contributed by atoms with Gasteiger partial charge in [0.15, 0.2) is 23.2 Å². The van der Waals surface area contributed by atoms with Crippen LogP contribution in [0.2, 0.25) is 0 Å². The van der Waals surface area contributed by atoms with Crippen molar-refractivity contribution >= 4 is 0 Å². The monoisotopic (exact) mass is 450 g/mol. The molecule has 1 saturated carbocycles. The molecule has 1 aliphatic rings. The van der Waals surface area contributed by atoms with Crippen LogP contribution in [0.3, 0.4) is 0 Å². The summed E-state index contributed by atoms with van der Waals surface area (Å²) in [5.74, 6) is -3.43. The molecule has 176 valence electrons. The van der Waals surface area contributed by atoms with E-state index in [4.69, 9.17) is 4.74 Å². The second-order valence-corrected chi connectivity index (χ2v) is 8.99. The smallest absolute Gasteiger partial charge is 0.201 e. The van der Waals surface area contributed by atoms with Gasteiger partial charge in [-0.2, -0.15) is 4.39 Å². The van der Waals surface area contributed by atoms with E-state index in [1.54, 1.807) is 6.92 Å². The number of benzene rings is 2. The quantitative estimate of drug-likeness (QED) is 0.260. The third-order valence-electron chi connectivity index (χ3n) is 6.80. The third-order valence-corrected chi connectivity index (χ3v) is 6.80. The summed E-state index contributed by atoms with van der Waals surface area (Å²) in [7, 11) is 0. The molecule has 0 aromatic heterocycles. The molecule has 5 heteroatoms. The Morgan fingerprint density at radius 1 is 0.719 bits per heavy atom. The van der Waals surface area contributed by atoms with Crippen LogP contribution in [0.25, 0.3) is 11.1 Å². The highest BCUT2D eigenvalue weighted by molar-refractivity contribution is 5.66. The van der Waals surface area contributed by atoms with Crippen LogP contribution in [0.1, 0.15) is 77.2 Å². The SMILES string of the molecule is CCCCCC1CCC(CCc2ccc(-c3ccc(OCC)c(F)c3F)c(F)c2F)CC1. The fourth-order valence-electron chi connectivity index (χ4n) is 4.85. The predicted molar refractivity (Wildman–Crippen MR) is 121 cm³/mol. The van der Waals surface area contributed by atoms with E-state index in [-0.39, 0.29) is 23.5 Å². The molecule has 0 unspecified atom stereocenters. The van der Waals surface area contributed by atoms with Crippen molar-refractivity contribution in [3.63, 3.8) is 0 Å². The number of halogens is 4. The van der Waals surface area contributed by atoms with Gasteiger partial charge in [0.1, 0.15) is 0 Å². The topological polar surface area (TPSA) is 9.23 Å². The maximum Gasteiger partial charge on any atom is 0.201 e. The van der Waals surface area contributed by atoms with E-state index in [0.717, 1.165) is 25.2 Å². The standard InChI is InChI=1S/C27H34F4O/c1-3-5-6-7-18-8-10-19(11-9-18)12-13-20-14-15-21(25(29)24(20)28)22-16-17-23(32-4-2)27(31)26(22)30/h14-19H,3-13H2,1-2H3. The average Bonchev–Trinajstić information content (AvgIpc) is 2.80. The highest BCUT2D eigenvalue weighted by Gasteiger charge is 2.23. The lowest BCUT2D eigenvalue weighted by Crippen LogP contribution is -2.15. The van der Waals surface area contributed by atoms with E-state index in [1.165, 1.54) is 62.8 Å². The highest BCUT2D eigenvalue weighted by Crippen LogP contribution is 2.36. The molecule has 0 amide bonds. The minimum Gasteiger partial charge on any atom is -0.491 e. The molecule has 32 heavy (non-hydrogen) atoms. The molecule has 0 bridgehead atoms. The number of hydrogen-bond donors (Lipinski definition) is 0. The first-order valence-electron chi connectivity index (χ1n) is 12.0. The summed E-state index contributed by atoms with van der Waals surface area (Å²) in [4.78, 5) is 0. The van der Waals surface area contributed by atoms with Crippen LogP contribution in [0.5, 0.6) is 5.75 Å². The summed E-state index contributed by atoms with van der Waals surface area (Å²) in [5.41, 5.74) is -0.295. The summed E-state index contributed by atoms with van der Waals surface area (Å²) in [6.07, 6.45) is 11.2. The zero-order valence-corrected chi connectivity index (χ0v) is 19.2. The van der Waals surface area contributed by atoms with Gasteiger partial charge >= 0.3 is 0 Å². The van der Waals surface area contributed by atoms with Crippen molar-refractivity contribution in [2.24, 2.45) is 11.8 Å². The first kappa shape index (κ1) is 24.6. The van der Waals surface area contributed by atoms with Crippen LogP contribution < -0.4 is 4.74 Å². The molecule has 0 radical (unpaired) electrons. The molecule has 0 aliphatic heterocycles. The fraction of sp³-hybridized carbons (Fsp3) is 0.556. The molecule has 1 aliphatic carbocycles. The minimum absolute atomic E-state index is 0.175. The summed E-state index contributed by atoms with van der Waals surface area (Å²) in [5, 5.41) is 0. The molecular formula is C27H34F4O. The summed E-state index contributed by atoms with van der Waals surface area (Å²) in [6.45, 7) is 4.05. The summed E-state index contributed by atoms with van der Waals surface area (Å²) < 4.78 is 63.2. The van der Waals surface area contributed by atoms with Crippen LogP contribution in [-0.4, -0.2) is 6.61 Å². The van der Waals surface area contributed by atoms with Gasteiger partial charge in [0.05, 0.1) is 6.61 Å². The lowest BCUT2D eigenvalue weighted by atomic mass is 9.77. The molecule has 1 nitrogen and oxygen atoms in total.